The number of aryl methyl sites for hydroxylation is 1. The van der Waals surface area contributed by atoms with E-state index in [4.69, 9.17) is 0 Å². The second kappa shape index (κ2) is 6.72. The highest BCUT2D eigenvalue weighted by Gasteiger charge is 2.60. The third-order valence-corrected chi connectivity index (χ3v) is 9.77. The van der Waals surface area contributed by atoms with Crippen molar-refractivity contribution in [1.29, 1.82) is 0 Å². The van der Waals surface area contributed by atoms with E-state index in [0.29, 0.717) is 11.3 Å². The molecule has 28 heavy (non-hydrogen) atoms. The Morgan fingerprint density at radius 2 is 1.96 bits per heavy atom. The molecule has 0 radical (unpaired) electrons. The van der Waals surface area contributed by atoms with Crippen molar-refractivity contribution < 1.29 is 5.11 Å². The van der Waals surface area contributed by atoms with Crippen LogP contribution in [0, 0.1) is 34.5 Å². The maximum Gasteiger partial charge on any atom is 0.0851 e. The van der Waals surface area contributed by atoms with E-state index in [9.17, 15) is 5.11 Å². The second-order valence-corrected chi connectivity index (χ2v) is 10.9. The molecule has 0 saturated heterocycles. The number of fused-ring (bicyclic) bond motifs is 5. The molecular formula is C25H38N2O. The molecule has 1 N–H and O–H groups in total. The quantitative estimate of drug-likeness (QED) is 0.713. The predicted molar refractivity (Wildman–Crippen MR) is 114 cm³/mol. The minimum absolute atomic E-state index is 0.0676. The van der Waals surface area contributed by atoms with Gasteiger partial charge in [-0.1, -0.05) is 26.7 Å². The summed E-state index contributed by atoms with van der Waals surface area (Å²) in [7, 11) is 0. The van der Waals surface area contributed by atoms with Crippen molar-refractivity contribution in [3.8, 4) is 0 Å². The topological polar surface area (TPSA) is 38.0 Å². The average Bonchev–Trinajstić information content (AvgIpc) is 3.25. The van der Waals surface area contributed by atoms with E-state index in [2.05, 4.69) is 38.0 Å². The van der Waals surface area contributed by atoms with Gasteiger partial charge in [0.15, 0.2) is 0 Å². The van der Waals surface area contributed by atoms with Crippen LogP contribution in [-0.4, -0.2) is 21.0 Å². The lowest BCUT2D eigenvalue weighted by atomic mass is 9.45. The Bertz CT molecular complexity index is 766. The van der Waals surface area contributed by atoms with Gasteiger partial charge in [-0.2, -0.15) is 5.10 Å². The van der Waals surface area contributed by atoms with Gasteiger partial charge in [-0.05, 0) is 98.7 Å². The largest absolute Gasteiger partial charge is 0.388 e. The van der Waals surface area contributed by atoms with E-state index in [1.165, 1.54) is 56.9 Å². The van der Waals surface area contributed by atoms with Gasteiger partial charge in [0.25, 0.3) is 0 Å². The smallest absolute Gasteiger partial charge is 0.0851 e. The van der Waals surface area contributed by atoms with Crippen LogP contribution in [0.4, 0.5) is 0 Å². The molecule has 3 nitrogen and oxygen atoms in total. The van der Waals surface area contributed by atoms with Crippen molar-refractivity contribution in [2.45, 2.75) is 91.2 Å². The molecule has 1 aromatic heterocycles. The molecule has 3 heteroatoms. The van der Waals surface area contributed by atoms with Gasteiger partial charge in [-0.25, -0.2) is 0 Å². The third-order valence-electron chi connectivity index (χ3n) is 9.77. The molecular weight excluding hydrogens is 344 g/mol. The molecule has 0 aromatic carbocycles. The number of rotatable bonds is 2. The van der Waals surface area contributed by atoms with Crippen molar-refractivity contribution >= 4 is 6.08 Å². The summed E-state index contributed by atoms with van der Waals surface area (Å²) in [6.45, 7) is 8.04. The molecule has 0 unspecified atom stereocenters. The number of nitrogens with zero attached hydrogens (tertiary/aromatic N) is 2. The Labute approximate surface area is 170 Å². The molecule has 4 aliphatic carbocycles. The molecule has 0 spiro atoms. The fourth-order valence-corrected chi connectivity index (χ4v) is 8.11. The van der Waals surface area contributed by atoms with Gasteiger partial charge in [-0.3, -0.25) is 4.68 Å². The zero-order chi connectivity index (χ0) is 19.5. The fourth-order valence-electron chi connectivity index (χ4n) is 8.11. The molecule has 4 saturated carbocycles. The monoisotopic (exact) mass is 382 g/mol. The minimum Gasteiger partial charge on any atom is -0.388 e. The van der Waals surface area contributed by atoms with E-state index < -0.39 is 0 Å². The van der Waals surface area contributed by atoms with Gasteiger partial charge in [0.2, 0.25) is 0 Å². The Balaban J connectivity index is 1.44. The number of hydrogen-bond acceptors (Lipinski definition) is 2. The first kappa shape index (κ1) is 18.9. The number of hydrogen-bond donors (Lipinski definition) is 1. The second-order valence-electron chi connectivity index (χ2n) is 10.9. The summed E-state index contributed by atoms with van der Waals surface area (Å²) in [6, 6.07) is 2.09. The van der Waals surface area contributed by atoms with Crippen LogP contribution < -0.4 is 0 Å². The first-order chi connectivity index (χ1) is 13.5. The lowest BCUT2D eigenvalue weighted by molar-refractivity contribution is -0.119. The van der Waals surface area contributed by atoms with Crippen LogP contribution in [0.2, 0.25) is 0 Å². The van der Waals surface area contributed by atoms with Crippen molar-refractivity contribution in [2.24, 2.45) is 34.5 Å². The van der Waals surface area contributed by atoms with Crippen molar-refractivity contribution in [3.63, 3.8) is 0 Å². The van der Waals surface area contributed by atoms with Gasteiger partial charge in [0, 0.05) is 18.2 Å². The first-order valence-electron chi connectivity index (χ1n) is 11.9. The predicted octanol–water partition coefficient (Wildman–Crippen LogP) is 5.69. The Morgan fingerprint density at radius 1 is 1.11 bits per heavy atom. The molecule has 4 aliphatic rings. The van der Waals surface area contributed by atoms with Crippen LogP contribution in [0.3, 0.4) is 0 Å². The van der Waals surface area contributed by atoms with Crippen LogP contribution in [0.15, 0.2) is 17.8 Å². The van der Waals surface area contributed by atoms with Crippen molar-refractivity contribution in [3.05, 3.63) is 23.5 Å². The molecule has 1 heterocycles. The van der Waals surface area contributed by atoms with Crippen molar-refractivity contribution in [2.75, 3.05) is 0 Å². The highest BCUT2D eigenvalue weighted by molar-refractivity contribution is 5.52. The molecule has 0 bridgehead atoms. The summed E-state index contributed by atoms with van der Waals surface area (Å²) < 4.78 is 1.98. The Hall–Kier alpha value is -1.09. The number of aromatic nitrogens is 2. The summed E-state index contributed by atoms with van der Waals surface area (Å²) in [5, 5.41) is 16.0. The van der Waals surface area contributed by atoms with Gasteiger partial charge >= 0.3 is 0 Å². The zero-order valence-corrected chi connectivity index (χ0v) is 18.0. The molecule has 4 fully saturated rings. The van der Waals surface area contributed by atoms with Gasteiger partial charge < -0.3 is 5.11 Å². The minimum atomic E-state index is -0.290. The van der Waals surface area contributed by atoms with Crippen LogP contribution >= 0.6 is 0 Å². The Morgan fingerprint density at radius 3 is 2.75 bits per heavy atom. The average molecular weight is 383 g/mol. The fraction of sp³-hybridized carbons (Fsp3) is 0.800. The Kier molecular flexibility index (Phi) is 4.54. The molecule has 0 amide bonds. The number of aliphatic hydroxyl groups excluding tert-OH is 1. The summed E-state index contributed by atoms with van der Waals surface area (Å²) in [5.74, 6) is 3.31. The van der Waals surface area contributed by atoms with Crippen LogP contribution in [-0.2, 0) is 6.54 Å². The van der Waals surface area contributed by atoms with E-state index in [1.807, 2.05) is 10.9 Å². The molecule has 154 valence electrons. The van der Waals surface area contributed by atoms with E-state index in [1.54, 1.807) is 0 Å². The molecule has 5 rings (SSSR count). The van der Waals surface area contributed by atoms with Crippen LogP contribution in [0.25, 0.3) is 6.08 Å². The summed E-state index contributed by atoms with van der Waals surface area (Å²) in [4.78, 5) is 0. The van der Waals surface area contributed by atoms with Gasteiger partial charge in [0.05, 0.1) is 11.8 Å². The summed E-state index contributed by atoms with van der Waals surface area (Å²) in [5.41, 5.74) is 2.89. The van der Waals surface area contributed by atoms with Crippen molar-refractivity contribution in [1.82, 2.24) is 9.78 Å². The molecule has 1 aromatic rings. The normalized spacial score (nSPS) is 46.9. The molecule has 0 aliphatic heterocycles. The molecule has 7 atom stereocenters. The standard InChI is InChI=1S/C25H38N2O/c1-4-27-14-11-19(26-27)15-17-16-22-20-9-8-18-7-5-6-12-24(18,2)21(20)10-13-25(22,3)23(17)28/h11,14-15,18,20-23,28H,4-10,12-13,16H2,1-3H3/b17-15+/t18-,20+,21-,22-,23-,24+,25-/m1/s1. The summed E-state index contributed by atoms with van der Waals surface area (Å²) in [6.07, 6.45) is 16.2. The lowest BCUT2D eigenvalue weighted by Crippen LogP contribution is -2.53. The van der Waals surface area contributed by atoms with E-state index in [-0.39, 0.29) is 11.5 Å². The van der Waals surface area contributed by atoms with Crippen LogP contribution in [0.5, 0.6) is 0 Å². The zero-order valence-electron chi connectivity index (χ0n) is 18.0. The lowest BCUT2D eigenvalue weighted by Gasteiger charge is -2.60. The van der Waals surface area contributed by atoms with Gasteiger partial charge in [0.1, 0.15) is 0 Å². The maximum atomic E-state index is 11.4. The third kappa shape index (κ3) is 2.68. The van der Waals surface area contributed by atoms with Crippen LogP contribution in [0.1, 0.15) is 84.3 Å². The van der Waals surface area contributed by atoms with Gasteiger partial charge in [-0.15, -0.1) is 0 Å². The SMILES string of the molecule is CCn1ccc(/C=C2\C[C@@H]3[C@H]4CC[C@H]5CCCC[C@]5(C)[C@@H]4CC[C@@]3(C)[C@@H]2O)n1. The van der Waals surface area contributed by atoms with E-state index >= 15 is 0 Å². The highest BCUT2D eigenvalue weighted by Crippen LogP contribution is 2.66. The first-order valence-corrected chi connectivity index (χ1v) is 11.9. The summed E-state index contributed by atoms with van der Waals surface area (Å²) >= 11 is 0. The highest BCUT2D eigenvalue weighted by atomic mass is 16.3. The van der Waals surface area contributed by atoms with E-state index in [0.717, 1.165) is 36.4 Å². The number of aliphatic hydroxyl groups is 1. The maximum absolute atomic E-state index is 11.4.